The van der Waals surface area contributed by atoms with Gasteiger partial charge in [-0.2, -0.15) is 0 Å². The van der Waals surface area contributed by atoms with Gasteiger partial charge in [-0.15, -0.1) is 0 Å². The van der Waals surface area contributed by atoms with Gasteiger partial charge in [0.2, 0.25) is 0 Å². The molecule has 0 aliphatic rings. The van der Waals surface area contributed by atoms with Gasteiger partial charge in [-0.05, 0) is 36.1 Å². The first kappa shape index (κ1) is 12.6. The Hall–Kier alpha value is -1.87. The first-order chi connectivity index (χ1) is 8.66. The standard InChI is InChI=1S/C15H18N2O/c1-11-4-2-3-5-12(11)8-14(18)9-13-10-17-7-6-15(13)16/h2-7,10,14,18H,8-9H2,1H3,(H2,16,17). The minimum atomic E-state index is -0.433. The second-order valence-corrected chi connectivity index (χ2v) is 4.56. The Kier molecular flexibility index (Phi) is 3.95. The lowest BCUT2D eigenvalue weighted by Gasteiger charge is -2.13. The van der Waals surface area contributed by atoms with Crippen LogP contribution in [0.25, 0.3) is 0 Å². The van der Waals surface area contributed by atoms with Crippen LogP contribution in [-0.4, -0.2) is 16.2 Å². The molecule has 3 N–H and O–H groups in total. The number of aliphatic hydroxyl groups is 1. The van der Waals surface area contributed by atoms with Crippen LogP contribution in [0.3, 0.4) is 0 Å². The molecule has 1 unspecified atom stereocenters. The summed E-state index contributed by atoms with van der Waals surface area (Å²) in [7, 11) is 0. The molecule has 0 fully saturated rings. The highest BCUT2D eigenvalue weighted by Gasteiger charge is 2.10. The molecule has 3 nitrogen and oxygen atoms in total. The van der Waals surface area contributed by atoms with Crippen molar-refractivity contribution in [2.75, 3.05) is 5.73 Å². The summed E-state index contributed by atoms with van der Waals surface area (Å²) >= 11 is 0. The smallest absolute Gasteiger partial charge is 0.0622 e. The van der Waals surface area contributed by atoms with E-state index in [9.17, 15) is 5.11 Å². The minimum Gasteiger partial charge on any atom is -0.398 e. The molecular formula is C15H18N2O. The Morgan fingerprint density at radius 1 is 1.17 bits per heavy atom. The largest absolute Gasteiger partial charge is 0.398 e. The Morgan fingerprint density at radius 2 is 1.89 bits per heavy atom. The molecule has 1 atom stereocenters. The van der Waals surface area contributed by atoms with E-state index in [-0.39, 0.29) is 0 Å². The molecule has 2 aromatic rings. The van der Waals surface area contributed by atoms with E-state index >= 15 is 0 Å². The lowest BCUT2D eigenvalue weighted by atomic mass is 9.98. The van der Waals surface area contributed by atoms with Crippen LogP contribution in [0.4, 0.5) is 5.69 Å². The van der Waals surface area contributed by atoms with E-state index in [0.717, 1.165) is 5.56 Å². The molecule has 0 aliphatic heterocycles. The lowest BCUT2D eigenvalue weighted by molar-refractivity contribution is 0.175. The Bertz CT molecular complexity index is 478. The number of nitrogens with two attached hydrogens (primary N) is 1. The van der Waals surface area contributed by atoms with Gasteiger partial charge < -0.3 is 10.8 Å². The number of rotatable bonds is 4. The van der Waals surface area contributed by atoms with Crippen LogP contribution >= 0.6 is 0 Å². The summed E-state index contributed by atoms with van der Waals surface area (Å²) in [6, 6.07) is 9.86. The number of benzene rings is 1. The maximum Gasteiger partial charge on any atom is 0.0622 e. The van der Waals surface area contributed by atoms with Gasteiger partial charge in [0.05, 0.1) is 6.10 Å². The second-order valence-electron chi connectivity index (χ2n) is 4.56. The highest BCUT2D eigenvalue weighted by molar-refractivity contribution is 5.44. The third-order valence-corrected chi connectivity index (χ3v) is 3.11. The van der Waals surface area contributed by atoms with Crippen LogP contribution in [0.2, 0.25) is 0 Å². The summed E-state index contributed by atoms with van der Waals surface area (Å²) in [6.45, 7) is 2.06. The first-order valence-corrected chi connectivity index (χ1v) is 6.07. The van der Waals surface area contributed by atoms with Crippen LogP contribution in [0, 0.1) is 6.92 Å². The van der Waals surface area contributed by atoms with Crippen molar-refractivity contribution in [2.24, 2.45) is 0 Å². The molecule has 1 heterocycles. The van der Waals surface area contributed by atoms with Crippen LogP contribution in [0.1, 0.15) is 16.7 Å². The maximum atomic E-state index is 10.1. The number of nitrogens with zero attached hydrogens (tertiary/aromatic N) is 1. The molecule has 1 aromatic heterocycles. The van der Waals surface area contributed by atoms with Crippen LogP contribution in [-0.2, 0) is 12.8 Å². The summed E-state index contributed by atoms with van der Waals surface area (Å²) in [4.78, 5) is 4.03. The van der Waals surface area contributed by atoms with Crippen LogP contribution < -0.4 is 5.73 Å². The molecule has 0 saturated carbocycles. The number of hydrogen-bond acceptors (Lipinski definition) is 3. The summed E-state index contributed by atoms with van der Waals surface area (Å²) in [6.07, 6.45) is 4.12. The quantitative estimate of drug-likeness (QED) is 0.863. The SMILES string of the molecule is Cc1ccccc1CC(O)Cc1cnccc1N. The highest BCUT2D eigenvalue weighted by Crippen LogP contribution is 2.15. The monoisotopic (exact) mass is 242 g/mol. The molecule has 18 heavy (non-hydrogen) atoms. The molecule has 2 rings (SSSR count). The van der Waals surface area contributed by atoms with Crippen molar-refractivity contribution in [3.8, 4) is 0 Å². The van der Waals surface area contributed by atoms with Gasteiger partial charge in [-0.3, -0.25) is 4.98 Å². The third-order valence-electron chi connectivity index (χ3n) is 3.11. The Labute approximate surface area is 107 Å². The number of aryl methyl sites for hydroxylation is 1. The number of aromatic nitrogens is 1. The lowest BCUT2D eigenvalue weighted by Crippen LogP contribution is -2.15. The zero-order valence-corrected chi connectivity index (χ0v) is 10.5. The van der Waals surface area contributed by atoms with Crippen molar-refractivity contribution in [2.45, 2.75) is 25.9 Å². The summed E-state index contributed by atoms with van der Waals surface area (Å²) in [5.74, 6) is 0. The van der Waals surface area contributed by atoms with Crippen molar-refractivity contribution in [3.63, 3.8) is 0 Å². The van der Waals surface area contributed by atoms with E-state index in [0.29, 0.717) is 18.5 Å². The van der Waals surface area contributed by atoms with E-state index < -0.39 is 6.10 Å². The van der Waals surface area contributed by atoms with Gasteiger partial charge in [-0.1, -0.05) is 24.3 Å². The number of aliphatic hydroxyl groups excluding tert-OH is 1. The number of pyridine rings is 1. The van der Waals surface area contributed by atoms with Gasteiger partial charge in [-0.25, -0.2) is 0 Å². The van der Waals surface area contributed by atoms with Gasteiger partial charge in [0.1, 0.15) is 0 Å². The average Bonchev–Trinajstić information content (AvgIpc) is 2.35. The fraction of sp³-hybridized carbons (Fsp3) is 0.267. The van der Waals surface area contributed by atoms with Crippen molar-refractivity contribution in [1.82, 2.24) is 4.98 Å². The molecule has 0 radical (unpaired) electrons. The van der Waals surface area contributed by atoms with Gasteiger partial charge in [0, 0.05) is 24.5 Å². The molecule has 94 valence electrons. The predicted octanol–water partition coefficient (Wildman–Crippen LogP) is 2.12. The van der Waals surface area contributed by atoms with Crippen molar-refractivity contribution >= 4 is 5.69 Å². The normalized spacial score (nSPS) is 12.3. The molecule has 0 aliphatic carbocycles. The predicted molar refractivity (Wildman–Crippen MR) is 73.2 cm³/mol. The molecular weight excluding hydrogens is 224 g/mol. The topological polar surface area (TPSA) is 59.1 Å². The maximum absolute atomic E-state index is 10.1. The van der Waals surface area contributed by atoms with E-state index in [1.807, 2.05) is 18.2 Å². The van der Waals surface area contributed by atoms with Crippen LogP contribution in [0.5, 0.6) is 0 Å². The summed E-state index contributed by atoms with van der Waals surface area (Å²) in [5.41, 5.74) is 9.81. The first-order valence-electron chi connectivity index (χ1n) is 6.07. The van der Waals surface area contributed by atoms with Gasteiger partial charge >= 0.3 is 0 Å². The molecule has 0 amide bonds. The third kappa shape index (κ3) is 3.08. The van der Waals surface area contributed by atoms with Gasteiger partial charge in [0.25, 0.3) is 0 Å². The Morgan fingerprint density at radius 3 is 2.61 bits per heavy atom. The highest BCUT2D eigenvalue weighted by atomic mass is 16.3. The molecule has 0 spiro atoms. The molecule has 0 bridgehead atoms. The summed E-state index contributed by atoms with van der Waals surface area (Å²) < 4.78 is 0. The zero-order valence-electron chi connectivity index (χ0n) is 10.5. The summed E-state index contributed by atoms with van der Waals surface area (Å²) in [5, 5.41) is 10.1. The Balaban J connectivity index is 2.04. The van der Waals surface area contributed by atoms with E-state index in [2.05, 4.69) is 18.0 Å². The fourth-order valence-corrected chi connectivity index (χ4v) is 2.03. The fourth-order valence-electron chi connectivity index (χ4n) is 2.03. The van der Waals surface area contributed by atoms with Crippen molar-refractivity contribution in [1.29, 1.82) is 0 Å². The van der Waals surface area contributed by atoms with Crippen LogP contribution in [0.15, 0.2) is 42.7 Å². The number of hydrogen-bond donors (Lipinski definition) is 2. The van der Waals surface area contributed by atoms with E-state index in [1.165, 1.54) is 11.1 Å². The zero-order chi connectivity index (χ0) is 13.0. The van der Waals surface area contributed by atoms with Crippen molar-refractivity contribution in [3.05, 3.63) is 59.4 Å². The number of anilines is 1. The van der Waals surface area contributed by atoms with E-state index in [4.69, 9.17) is 5.73 Å². The molecule has 1 aromatic carbocycles. The van der Waals surface area contributed by atoms with Gasteiger partial charge in [0.15, 0.2) is 0 Å². The average molecular weight is 242 g/mol. The second kappa shape index (κ2) is 5.65. The van der Waals surface area contributed by atoms with Crippen molar-refractivity contribution < 1.29 is 5.11 Å². The molecule has 0 saturated heterocycles. The van der Waals surface area contributed by atoms with E-state index in [1.54, 1.807) is 18.5 Å². The number of nitrogen functional groups attached to an aromatic ring is 1. The minimum absolute atomic E-state index is 0.433. The molecule has 3 heteroatoms.